The van der Waals surface area contributed by atoms with Crippen molar-refractivity contribution in [3.05, 3.63) is 68.5 Å². The maximum Gasteiger partial charge on any atom is 0.336 e. The molecule has 1 N–H and O–H groups in total. The van der Waals surface area contributed by atoms with Crippen molar-refractivity contribution < 1.29 is 60.4 Å². The maximum atomic E-state index is 12.6. The molecule has 3 aromatic rings. The minimum atomic E-state index is -4.01. The van der Waals surface area contributed by atoms with Gasteiger partial charge in [-0.15, -0.1) is 0 Å². The van der Waals surface area contributed by atoms with E-state index in [0.717, 1.165) is 45.5 Å². The van der Waals surface area contributed by atoms with Gasteiger partial charge in [-0.3, -0.25) is 19.2 Å². The van der Waals surface area contributed by atoms with Gasteiger partial charge in [0.05, 0.1) is 15.6 Å². The van der Waals surface area contributed by atoms with Gasteiger partial charge in [0, 0.05) is 50.8 Å². The zero-order chi connectivity index (χ0) is 36.0. The molecule has 1 saturated heterocycles. The summed E-state index contributed by atoms with van der Waals surface area (Å²) < 4.78 is 64.2. The molecule has 1 aliphatic rings. The Kier molecular flexibility index (Phi) is 11.8. The summed E-state index contributed by atoms with van der Waals surface area (Å²) in [7, 11) is -4.01. The minimum absolute atomic E-state index is 0.0144. The second kappa shape index (κ2) is 15.6. The van der Waals surface area contributed by atoms with Crippen LogP contribution in [0.5, 0.6) is 5.75 Å². The van der Waals surface area contributed by atoms with Gasteiger partial charge < -0.3 is 32.8 Å². The van der Waals surface area contributed by atoms with Crippen molar-refractivity contribution in [2.75, 3.05) is 6.61 Å². The summed E-state index contributed by atoms with van der Waals surface area (Å²) in [5.74, 6) is -3.16. The summed E-state index contributed by atoms with van der Waals surface area (Å²) in [6, 6.07) is 9.98. The number of fused-ring (bicyclic) bond motifs is 1. The molecule has 1 aliphatic heterocycles. The van der Waals surface area contributed by atoms with Crippen molar-refractivity contribution in [3.63, 3.8) is 0 Å². The minimum Gasteiger partial charge on any atom is -0.463 e. The van der Waals surface area contributed by atoms with Crippen LogP contribution in [0.4, 0.5) is 0 Å². The molecule has 2 aromatic carbocycles. The number of halogens is 1. The number of nitrogens with one attached hydrogen (secondary N) is 1. The molecule has 0 spiro atoms. The number of sulfonamides is 1. The van der Waals surface area contributed by atoms with E-state index in [9.17, 15) is 32.4 Å². The number of carbonyl (C=O) groups excluding carboxylic acids is 4. The van der Waals surface area contributed by atoms with Crippen molar-refractivity contribution in [3.8, 4) is 5.75 Å². The summed E-state index contributed by atoms with van der Waals surface area (Å²) in [5, 5.41) is 4.12. The average Bonchev–Trinajstić information content (AvgIpc) is 2.99. The Morgan fingerprint density at radius 3 is 2.12 bits per heavy atom. The first-order chi connectivity index (χ1) is 23.0. The van der Waals surface area contributed by atoms with E-state index in [1.54, 1.807) is 12.1 Å². The van der Waals surface area contributed by atoms with E-state index in [0.29, 0.717) is 5.39 Å². The highest BCUT2D eigenvalue weighted by Crippen LogP contribution is 2.36. The predicted molar refractivity (Wildman–Crippen MR) is 172 cm³/mol. The van der Waals surface area contributed by atoms with Gasteiger partial charge in [0.2, 0.25) is 12.4 Å². The topological polar surface area (TPSA) is 212 Å². The lowest BCUT2D eigenvalue weighted by atomic mass is 9.98. The predicted octanol–water partition coefficient (Wildman–Crippen LogP) is 2.64. The van der Waals surface area contributed by atoms with Gasteiger partial charge in [-0.25, -0.2) is 9.63 Å². The van der Waals surface area contributed by atoms with Crippen molar-refractivity contribution in [1.82, 2.24) is 4.83 Å². The van der Waals surface area contributed by atoms with Crippen LogP contribution in [0.1, 0.15) is 38.8 Å². The van der Waals surface area contributed by atoms with Crippen LogP contribution in [0.25, 0.3) is 11.0 Å². The van der Waals surface area contributed by atoms with Gasteiger partial charge in [0.1, 0.15) is 24.0 Å². The second-order valence-electron chi connectivity index (χ2n) is 10.7. The van der Waals surface area contributed by atoms with E-state index < -0.39 is 76.8 Å². The van der Waals surface area contributed by atoms with E-state index in [4.69, 9.17) is 32.8 Å². The first-order valence-electron chi connectivity index (χ1n) is 14.4. The summed E-state index contributed by atoms with van der Waals surface area (Å²) in [6.45, 7) is 5.74. The largest absolute Gasteiger partial charge is 0.463 e. The van der Waals surface area contributed by atoms with Crippen molar-refractivity contribution in [2.45, 2.75) is 70.2 Å². The van der Waals surface area contributed by atoms with Crippen molar-refractivity contribution in [1.29, 1.82) is 0 Å². The number of aryl methyl sites for hydroxylation is 1. The highest BCUT2D eigenvalue weighted by Gasteiger charge is 2.53. The normalized spacial score (nSPS) is 20.7. The molecule has 16 nitrogen and oxygen atoms in total. The number of hydrogen-bond donors (Lipinski definition) is 1. The molecule has 0 saturated carbocycles. The van der Waals surface area contributed by atoms with Crippen LogP contribution in [0.3, 0.4) is 0 Å². The molecule has 5 atom stereocenters. The van der Waals surface area contributed by atoms with Crippen LogP contribution in [-0.2, 0) is 52.9 Å². The van der Waals surface area contributed by atoms with Gasteiger partial charge in [0.15, 0.2) is 12.2 Å². The second-order valence-corrected chi connectivity index (χ2v) is 13.2. The number of hydrogen-bond acceptors (Lipinski definition) is 15. The van der Waals surface area contributed by atoms with Crippen LogP contribution in [-0.4, -0.2) is 75.8 Å². The molecule has 0 radical (unpaired) electrons. The Labute approximate surface area is 287 Å². The van der Waals surface area contributed by atoms with Crippen LogP contribution < -0.4 is 15.2 Å². The monoisotopic (exact) mass is 766 g/mol. The third-order valence-electron chi connectivity index (χ3n) is 6.73. The Balaban J connectivity index is 1.70. The number of hydrazone groups is 1. The SMILES string of the molecule is CC(=O)OC[C@H]1O[C@@H](Oc2cc3oc(=O)cc(C=NNS(=O)(=O)c4ccc(C)cc4)c3cc2Br)[C@H](OC(C)=O)[C@@H](OC(C)=O)[C@H]1OC(C)=O. The van der Waals surface area contributed by atoms with Crippen LogP contribution in [0.15, 0.2) is 66.1 Å². The molecule has 0 amide bonds. The zero-order valence-electron chi connectivity index (χ0n) is 26.7. The Morgan fingerprint density at radius 1 is 0.898 bits per heavy atom. The van der Waals surface area contributed by atoms with Crippen LogP contribution in [0, 0.1) is 6.92 Å². The molecule has 0 aliphatic carbocycles. The van der Waals surface area contributed by atoms with E-state index in [2.05, 4.69) is 25.9 Å². The molecular formula is C31H31BrN2O14S. The summed E-state index contributed by atoms with van der Waals surface area (Å²) in [6.07, 6.45) is -6.10. The fraction of sp³-hybridized carbons (Fsp3) is 0.355. The fourth-order valence-corrected chi connectivity index (χ4v) is 5.96. The molecule has 262 valence electrons. The van der Waals surface area contributed by atoms with E-state index in [1.807, 2.05) is 6.92 Å². The summed E-state index contributed by atoms with van der Waals surface area (Å²) in [5.41, 5.74) is 0.209. The Hall–Kier alpha value is -4.81. The van der Waals surface area contributed by atoms with Crippen LogP contribution >= 0.6 is 15.9 Å². The van der Waals surface area contributed by atoms with Gasteiger partial charge in [-0.1, -0.05) is 17.7 Å². The number of esters is 4. The quantitative estimate of drug-likeness (QED) is 0.0978. The third kappa shape index (κ3) is 9.64. The molecule has 49 heavy (non-hydrogen) atoms. The summed E-state index contributed by atoms with van der Waals surface area (Å²) >= 11 is 3.38. The van der Waals surface area contributed by atoms with Gasteiger partial charge in [-0.05, 0) is 41.1 Å². The molecule has 0 unspecified atom stereocenters. The molecule has 2 heterocycles. The first kappa shape index (κ1) is 37.0. The van der Waals surface area contributed by atoms with Gasteiger partial charge in [0.25, 0.3) is 10.0 Å². The van der Waals surface area contributed by atoms with E-state index >= 15 is 0 Å². The third-order valence-corrected chi connectivity index (χ3v) is 8.59. The average molecular weight is 768 g/mol. The lowest BCUT2D eigenvalue weighted by molar-refractivity contribution is -0.288. The Bertz CT molecular complexity index is 1940. The van der Waals surface area contributed by atoms with Gasteiger partial charge >= 0.3 is 29.5 Å². The molecule has 4 rings (SSSR count). The zero-order valence-corrected chi connectivity index (χ0v) is 29.1. The van der Waals surface area contributed by atoms with Crippen molar-refractivity contribution in [2.24, 2.45) is 5.10 Å². The fourth-order valence-electron chi connectivity index (χ4n) is 4.73. The van der Waals surface area contributed by atoms with E-state index in [1.165, 1.54) is 24.3 Å². The highest BCUT2D eigenvalue weighted by molar-refractivity contribution is 9.10. The molecule has 1 aromatic heterocycles. The number of nitrogens with zero attached hydrogens (tertiary/aromatic N) is 1. The van der Waals surface area contributed by atoms with Crippen molar-refractivity contribution >= 4 is 67.0 Å². The van der Waals surface area contributed by atoms with Crippen LogP contribution in [0.2, 0.25) is 0 Å². The lowest BCUT2D eigenvalue weighted by Gasteiger charge is -2.44. The molecule has 1 fully saturated rings. The highest BCUT2D eigenvalue weighted by atomic mass is 79.9. The number of ether oxygens (including phenoxy) is 6. The smallest absolute Gasteiger partial charge is 0.336 e. The van der Waals surface area contributed by atoms with Gasteiger partial charge in [-0.2, -0.15) is 13.5 Å². The molecule has 0 bridgehead atoms. The standard InChI is InChI=1S/C31H31BrN2O14S/c1-15-6-8-21(9-7-15)49(40,41)34-33-13-20-10-27(39)46-24-12-25(23(32)11-22(20)24)47-31-30(45-19(5)38)29(44-18(4)37)28(43-17(3)36)26(48-31)14-42-16(2)35/h6-13,26,28-31,34H,14H2,1-5H3/t26-,28+,29+,30-,31-/m1/s1. The Morgan fingerprint density at radius 2 is 1.51 bits per heavy atom. The lowest BCUT2D eigenvalue weighted by Crippen LogP contribution is -2.63. The number of rotatable bonds is 11. The number of carbonyl (C=O) groups is 4. The maximum absolute atomic E-state index is 12.6. The first-order valence-corrected chi connectivity index (χ1v) is 16.7. The number of benzene rings is 2. The summed E-state index contributed by atoms with van der Waals surface area (Å²) in [4.78, 5) is 62.5. The molecule has 18 heteroatoms. The molecular weight excluding hydrogens is 736 g/mol. The van der Waals surface area contributed by atoms with E-state index in [-0.39, 0.29) is 26.3 Å².